The zero-order valence-corrected chi connectivity index (χ0v) is 17.0. The molecule has 2 N–H and O–H groups in total. The fraction of sp³-hybridized carbons (Fsp3) is 0.500. The van der Waals surface area contributed by atoms with E-state index >= 15 is 0 Å². The van der Waals surface area contributed by atoms with Crippen LogP contribution in [0.1, 0.15) is 24.0 Å². The van der Waals surface area contributed by atoms with Crippen molar-refractivity contribution in [1.82, 2.24) is 0 Å². The summed E-state index contributed by atoms with van der Waals surface area (Å²) in [6.07, 6.45) is -1.04. The lowest BCUT2D eigenvalue weighted by molar-refractivity contribution is -0.120. The van der Waals surface area contributed by atoms with Gasteiger partial charge in [-0.05, 0) is 24.0 Å². The Morgan fingerprint density at radius 3 is 2.20 bits per heavy atom. The van der Waals surface area contributed by atoms with Crippen LogP contribution in [0.3, 0.4) is 0 Å². The maximum absolute atomic E-state index is 10.6. The average Bonchev–Trinajstić information content (AvgIpc) is 3.38. The fourth-order valence-corrected chi connectivity index (χ4v) is 4.16. The largest absolute Gasteiger partial charge is 0.394 e. The third-order valence-corrected chi connectivity index (χ3v) is 5.76. The van der Waals surface area contributed by atoms with E-state index in [1.54, 1.807) is 0 Å². The van der Waals surface area contributed by atoms with Crippen molar-refractivity contribution in [1.29, 1.82) is 0 Å². The van der Waals surface area contributed by atoms with Gasteiger partial charge in [-0.2, -0.15) is 0 Å². The molecule has 2 fully saturated rings. The van der Waals surface area contributed by atoms with Gasteiger partial charge in [-0.1, -0.05) is 60.7 Å². The predicted molar refractivity (Wildman–Crippen MR) is 111 cm³/mol. The molecule has 0 radical (unpaired) electrons. The first kappa shape index (κ1) is 21.4. The molecular weight excluding hydrogens is 384 g/mol. The number of hydrogen-bond donors (Lipinski definition) is 2. The lowest BCUT2D eigenvalue weighted by Crippen LogP contribution is -2.41. The van der Waals surface area contributed by atoms with Gasteiger partial charge in [0.15, 0.2) is 0 Å². The van der Waals surface area contributed by atoms with Crippen LogP contribution in [-0.2, 0) is 32.2 Å². The number of aliphatic hydroxyl groups excluding tert-OH is 2. The minimum Gasteiger partial charge on any atom is -0.394 e. The van der Waals surface area contributed by atoms with Crippen LogP contribution in [0.2, 0.25) is 0 Å². The van der Waals surface area contributed by atoms with Crippen molar-refractivity contribution in [3.05, 3.63) is 71.8 Å². The number of benzene rings is 2. The lowest BCUT2D eigenvalue weighted by atomic mass is 10.0. The van der Waals surface area contributed by atoms with E-state index in [2.05, 4.69) is 0 Å². The van der Waals surface area contributed by atoms with Crippen molar-refractivity contribution in [2.75, 3.05) is 13.2 Å². The molecule has 6 atom stereocenters. The Bertz CT molecular complexity index is 755. The van der Waals surface area contributed by atoms with Gasteiger partial charge >= 0.3 is 0 Å². The minimum absolute atomic E-state index is 0.0117. The maximum atomic E-state index is 10.6. The van der Waals surface area contributed by atoms with Crippen LogP contribution < -0.4 is 0 Å². The van der Waals surface area contributed by atoms with Crippen LogP contribution in [0.5, 0.6) is 0 Å². The van der Waals surface area contributed by atoms with Crippen LogP contribution in [0.4, 0.5) is 0 Å². The molecule has 2 aliphatic rings. The minimum atomic E-state index is -0.888. The van der Waals surface area contributed by atoms with E-state index in [1.807, 2.05) is 60.7 Å². The second kappa shape index (κ2) is 10.5. The Morgan fingerprint density at radius 1 is 0.867 bits per heavy atom. The summed E-state index contributed by atoms with van der Waals surface area (Å²) >= 11 is 0. The predicted octanol–water partition coefficient (Wildman–Crippen LogP) is 2.46. The summed E-state index contributed by atoms with van der Waals surface area (Å²) in [5.74, 6) is 0. The summed E-state index contributed by atoms with van der Waals surface area (Å²) in [5.41, 5.74) is 2.16. The number of hydrogen-bond acceptors (Lipinski definition) is 6. The van der Waals surface area contributed by atoms with Crippen LogP contribution in [-0.4, -0.2) is 60.1 Å². The zero-order valence-electron chi connectivity index (χ0n) is 17.0. The zero-order chi connectivity index (χ0) is 20.8. The summed E-state index contributed by atoms with van der Waals surface area (Å²) in [6.45, 7) is 1.19. The molecule has 162 valence electrons. The summed E-state index contributed by atoms with van der Waals surface area (Å²) in [6, 6.07) is 19.9. The normalized spacial score (nSPS) is 31.3. The molecule has 2 heterocycles. The van der Waals surface area contributed by atoms with Gasteiger partial charge in [0.05, 0.1) is 38.6 Å². The van der Waals surface area contributed by atoms with Crippen molar-refractivity contribution in [3.8, 4) is 0 Å². The van der Waals surface area contributed by atoms with E-state index < -0.39 is 24.4 Å². The first-order chi connectivity index (χ1) is 14.7. The second-order valence-electron chi connectivity index (χ2n) is 7.95. The molecule has 2 aromatic carbocycles. The molecule has 4 rings (SSSR count). The Balaban J connectivity index is 1.30. The molecule has 6 nitrogen and oxygen atoms in total. The summed E-state index contributed by atoms with van der Waals surface area (Å²) in [4.78, 5) is 0. The molecule has 0 aliphatic carbocycles. The van der Waals surface area contributed by atoms with Gasteiger partial charge in [0.25, 0.3) is 0 Å². The Kier molecular flexibility index (Phi) is 7.49. The quantitative estimate of drug-likeness (QED) is 0.656. The van der Waals surface area contributed by atoms with E-state index in [9.17, 15) is 10.2 Å². The summed E-state index contributed by atoms with van der Waals surface area (Å²) < 4.78 is 24.0. The average molecular weight is 414 g/mol. The van der Waals surface area contributed by atoms with Crippen molar-refractivity contribution >= 4 is 0 Å². The SMILES string of the molecule is OC[C@H]1O[C@H]([C@@H]2CC[C@@H](COCc3ccccc3)O2)[C@H](OCc2ccccc2)[C@H]1O. The summed E-state index contributed by atoms with van der Waals surface area (Å²) in [7, 11) is 0. The van der Waals surface area contributed by atoms with Crippen molar-refractivity contribution in [2.45, 2.75) is 62.7 Å². The molecule has 6 heteroatoms. The van der Waals surface area contributed by atoms with Gasteiger partial charge in [0.2, 0.25) is 0 Å². The van der Waals surface area contributed by atoms with E-state index in [-0.39, 0.29) is 18.8 Å². The molecule has 0 bridgehead atoms. The van der Waals surface area contributed by atoms with Crippen molar-refractivity contribution in [3.63, 3.8) is 0 Å². The van der Waals surface area contributed by atoms with Gasteiger partial charge in [-0.3, -0.25) is 0 Å². The Morgan fingerprint density at radius 2 is 1.53 bits per heavy atom. The highest BCUT2D eigenvalue weighted by Gasteiger charge is 2.49. The lowest BCUT2D eigenvalue weighted by Gasteiger charge is -2.26. The monoisotopic (exact) mass is 414 g/mol. The molecule has 2 saturated heterocycles. The first-order valence-corrected chi connectivity index (χ1v) is 10.6. The molecule has 0 spiro atoms. The van der Waals surface area contributed by atoms with E-state index in [1.165, 1.54) is 0 Å². The number of aliphatic hydroxyl groups is 2. The second-order valence-corrected chi connectivity index (χ2v) is 7.95. The van der Waals surface area contributed by atoms with Gasteiger partial charge < -0.3 is 29.2 Å². The number of rotatable bonds is 9. The molecule has 0 unspecified atom stereocenters. The molecule has 2 aliphatic heterocycles. The maximum Gasteiger partial charge on any atom is 0.115 e. The topological polar surface area (TPSA) is 77.4 Å². The van der Waals surface area contributed by atoms with Gasteiger partial charge in [0.1, 0.15) is 24.4 Å². The number of ether oxygens (including phenoxy) is 4. The van der Waals surface area contributed by atoms with E-state index in [4.69, 9.17) is 18.9 Å². The highest BCUT2D eigenvalue weighted by atomic mass is 16.6. The molecule has 0 saturated carbocycles. The Labute approximate surface area is 177 Å². The van der Waals surface area contributed by atoms with Crippen LogP contribution in [0.25, 0.3) is 0 Å². The highest BCUT2D eigenvalue weighted by Crippen LogP contribution is 2.34. The van der Waals surface area contributed by atoms with Gasteiger partial charge in [-0.15, -0.1) is 0 Å². The van der Waals surface area contributed by atoms with Crippen LogP contribution >= 0.6 is 0 Å². The molecule has 0 amide bonds. The van der Waals surface area contributed by atoms with Crippen molar-refractivity contribution in [2.24, 2.45) is 0 Å². The van der Waals surface area contributed by atoms with Crippen molar-refractivity contribution < 1.29 is 29.2 Å². The molecular formula is C24H30O6. The summed E-state index contributed by atoms with van der Waals surface area (Å²) in [5, 5.41) is 20.2. The van der Waals surface area contributed by atoms with Crippen LogP contribution in [0.15, 0.2) is 60.7 Å². The standard InChI is InChI=1S/C24H30O6/c25-13-21-22(26)24(28-15-18-9-5-2-6-10-18)23(30-21)20-12-11-19(29-20)16-27-14-17-7-3-1-4-8-17/h1-10,19-26H,11-16H2/t19-,20-,21+,22-,23+,24+/m0/s1. The molecule has 0 aromatic heterocycles. The van der Waals surface area contributed by atoms with E-state index in [0.717, 1.165) is 24.0 Å². The third-order valence-electron chi connectivity index (χ3n) is 5.76. The van der Waals surface area contributed by atoms with Gasteiger partial charge in [-0.25, -0.2) is 0 Å². The smallest absolute Gasteiger partial charge is 0.115 e. The molecule has 30 heavy (non-hydrogen) atoms. The highest BCUT2D eigenvalue weighted by molar-refractivity contribution is 5.14. The fourth-order valence-electron chi connectivity index (χ4n) is 4.16. The third kappa shape index (κ3) is 5.27. The van der Waals surface area contributed by atoms with E-state index in [0.29, 0.717) is 19.8 Å². The van der Waals surface area contributed by atoms with Crippen LogP contribution in [0, 0.1) is 0 Å². The van der Waals surface area contributed by atoms with Gasteiger partial charge in [0, 0.05) is 0 Å². The molecule has 2 aromatic rings. The Hall–Kier alpha value is -1.80. The first-order valence-electron chi connectivity index (χ1n) is 10.6.